The maximum Gasteiger partial charge on any atom is 0.387 e. The Balaban J connectivity index is 1.79. The number of rotatable bonds is 9. The van der Waals surface area contributed by atoms with Crippen molar-refractivity contribution >= 4 is 17.7 Å². The molecule has 0 bridgehead atoms. The van der Waals surface area contributed by atoms with Crippen molar-refractivity contribution in [2.45, 2.75) is 24.5 Å². The number of benzene rings is 2. The van der Waals surface area contributed by atoms with Gasteiger partial charge in [-0.25, -0.2) is 0 Å². The molecule has 0 aromatic heterocycles. The first-order chi connectivity index (χ1) is 12.1. The second kappa shape index (κ2) is 9.88. The third kappa shape index (κ3) is 6.62. The summed E-state index contributed by atoms with van der Waals surface area (Å²) in [6, 6.07) is 14.4. The van der Waals surface area contributed by atoms with Crippen LogP contribution in [0.25, 0.3) is 0 Å². The standard InChI is InChI=1S/C18H19F2NO3S/c1-23-16-11-13(7-8-15(16)24-18(19)20)12-21-17(22)9-10-25-14-5-3-2-4-6-14/h2-8,11,18H,9-10,12H2,1H3,(H,21,22). The number of methoxy groups -OCH3 is 1. The van der Waals surface area contributed by atoms with Gasteiger partial charge in [0.15, 0.2) is 11.5 Å². The zero-order chi connectivity index (χ0) is 18.1. The minimum atomic E-state index is -2.92. The average Bonchev–Trinajstić information content (AvgIpc) is 2.61. The quantitative estimate of drug-likeness (QED) is 0.678. The van der Waals surface area contributed by atoms with Gasteiger partial charge >= 0.3 is 6.61 Å². The minimum Gasteiger partial charge on any atom is -0.493 e. The maximum atomic E-state index is 12.3. The Morgan fingerprint density at radius 3 is 2.60 bits per heavy atom. The van der Waals surface area contributed by atoms with E-state index in [1.807, 2.05) is 30.3 Å². The lowest BCUT2D eigenvalue weighted by atomic mass is 10.2. The van der Waals surface area contributed by atoms with Gasteiger partial charge < -0.3 is 14.8 Å². The monoisotopic (exact) mass is 367 g/mol. The van der Waals surface area contributed by atoms with Gasteiger partial charge in [0.1, 0.15) is 0 Å². The summed E-state index contributed by atoms with van der Waals surface area (Å²) >= 11 is 1.62. The lowest BCUT2D eigenvalue weighted by Crippen LogP contribution is -2.23. The molecular weight excluding hydrogens is 348 g/mol. The molecule has 0 aliphatic carbocycles. The summed E-state index contributed by atoms with van der Waals surface area (Å²) in [7, 11) is 1.37. The summed E-state index contributed by atoms with van der Waals surface area (Å²) in [6.45, 7) is -2.62. The molecule has 4 nitrogen and oxygen atoms in total. The third-order valence-corrected chi connectivity index (χ3v) is 4.29. The summed E-state index contributed by atoms with van der Waals surface area (Å²) < 4.78 is 34.0. The molecule has 0 heterocycles. The van der Waals surface area contributed by atoms with Crippen LogP contribution >= 0.6 is 11.8 Å². The van der Waals surface area contributed by atoms with Gasteiger partial charge in [0.25, 0.3) is 0 Å². The van der Waals surface area contributed by atoms with Crippen LogP contribution in [0.4, 0.5) is 8.78 Å². The van der Waals surface area contributed by atoms with Crippen LogP contribution in [-0.2, 0) is 11.3 Å². The molecule has 2 aromatic carbocycles. The van der Waals surface area contributed by atoms with Crippen LogP contribution in [0.3, 0.4) is 0 Å². The van der Waals surface area contributed by atoms with Crippen LogP contribution in [-0.4, -0.2) is 25.4 Å². The van der Waals surface area contributed by atoms with Crippen molar-refractivity contribution in [2.75, 3.05) is 12.9 Å². The second-order valence-electron chi connectivity index (χ2n) is 5.05. The van der Waals surface area contributed by atoms with Crippen molar-refractivity contribution < 1.29 is 23.0 Å². The van der Waals surface area contributed by atoms with E-state index in [2.05, 4.69) is 10.1 Å². The Bertz CT molecular complexity index is 683. The van der Waals surface area contributed by atoms with Gasteiger partial charge in [-0.2, -0.15) is 8.78 Å². The Hall–Kier alpha value is -2.28. The highest BCUT2D eigenvalue weighted by Crippen LogP contribution is 2.29. The van der Waals surface area contributed by atoms with E-state index < -0.39 is 6.61 Å². The number of carbonyl (C=O) groups excluding carboxylic acids is 1. The number of alkyl halides is 2. The van der Waals surface area contributed by atoms with Gasteiger partial charge in [0, 0.05) is 23.6 Å². The second-order valence-corrected chi connectivity index (χ2v) is 6.22. The van der Waals surface area contributed by atoms with Crippen LogP contribution in [0.15, 0.2) is 53.4 Å². The van der Waals surface area contributed by atoms with Crippen molar-refractivity contribution in [1.82, 2.24) is 5.32 Å². The summed E-state index contributed by atoms with van der Waals surface area (Å²) in [6.07, 6.45) is 0.392. The van der Waals surface area contributed by atoms with Crippen molar-refractivity contribution in [3.8, 4) is 11.5 Å². The molecule has 0 saturated heterocycles. The lowest BCUT2D eigenvalue weighted by molar-refractivity contribution is -0.120. The molecule has 134 valence electrons. The van der Waals surface area contributed by atoms with Crippen molar-refractivity contribution in [1.29, 1.82) is 0 Å². The molecule has 0 spiro atoms. The van der Waals surface area contributed by atoms with E-state index in [-0.39, 0.29) is 17.4 Å². The zero-order valence-corrected chi connectivity index (χ0v) is 14.5. The minimum absolute atomic E-state index is 0.0353. The molecule has 0 radical (unpaired) electrons. The van der Waals surface area contributed by atoms with Gasteiger partial charge in [-0.05, 0) is 29.8 Å². The summed E-state index contributed by atoms with van der Waals surface area (Å²) in [4.78, 5) is 13.0. The highest BCUT2D eigenvalue weighted by atomic mass is 32.2. The molecule has 0 aliphatic heterocycles. The average molecular weight is 367 g/mol. The van der Waals surface area contributed by atoms with Crippen LogP contribution in [0.5, 0.6) is 11.5 Å². The molecule has 0 fully saturated rings. The Kier molecular flexibility index (Phi) is 7.53. The first-order valence-electron chi connectivity index (χ1n) is 7.64. The lowest BCUT2D eigenvalue weighted by Gasteiger charge is -2.12. The molecule has 1 amide bonds. The molecule has 0 saturated carbocycles. The smallest absolute Gasteiger partial charge is 0.387 e. The number of amides is 1. The van der Waals surface area contributed by atoms with E-state index in [4.69, 9.17) is 4.74 Å². The first-order valence-corrected chi connectivity index (χ1v) is 8.63. The van der Waals surface area contributed by atoms with E-state index in [1.54, 1.807) is 23.9 Å². The van der Waals surface area contributed by atoms with Crippen molar-refractivity contribution in [2.24, 2.45) is 0 Å². The van der Waals surface area contributed by atoms with E-state index in [0.717, 1.165) is 10.5 Å². The topological polar surface area (TPSA) is 47.6 Å². The van der Waals surface area contributed by atoms with E-state index >= 15 is 0 Å². The summed E-state index contributed by atoms with van der Waals surface area (Å²) in [5, 5.41) is 2.80. The molecule has 0 atom stereocenters. The third-order valence-electron chi connectivity index (χ3n) is 3.27. The number of halogens is 2. The van der Waals surface area contributed by atoms with Gasteiger partial charge in [-0.1, -0.05) is 24.3 Å². The number of nitrogens with one attached hydrogen (secondary N) is 1. The maximum absolute atomic E-state index is 12.3. The molecule has 2 rings (SSSR count). The molecule has 25 heavy (non-hydrogen) atoms. The molecular formula is C18H19F2NO3S. The highest BCUT2D eigenvalue weighted by Gasteiger charge is 2.11. The fourth-order valence-electron chi connectivity index (χ4n) is 2.08. The molecule has 7 heteroatoms. The van der Waals surface area contributed by atoms with Crippen LogP contribution in [0, 0.1) is 0 Å². The van der Waals surface area contributed by atoms with Crippen LogP contribution < -0.4 is 14.8 Å². The fourth-order valence-corrected chi connectivity index (χ4v) is 2.96. The van der Waals surface area contributed by atoms with Gasteiger partial charge in [-0.15, -0.1) is 11.8 Å². The van der Waals surface area contributed by atoms with E-state index in [9.17, 15) is 13.6 Å². The highest BCUT2D eigenvalue weighted by molar-refractivity contribution is 7.99. The molecule has 0 unspecified atom stereocenters. The number of hydrogen-bond donors (Lipinski definition) is 1. The molecule has 1 N–H and O–H groups in total. The first kappa shape index (κ1) is 19.1. The zero-order valence-electron chi connectivity index (χ0n) is 13.7. The van der Waals surface area contributed by atoms with E-state index in [0.29, 0.717) is 18.7 Å². The number of hydrogen-bond acceptors (Lipinski definition) is 4. The molecule has 2 aromatic rings. The Labute approximate surface area is 149 Å². The largest absolute Gasteiger partial charge is 0.493 e. The van der Waals surface area contributed by atoms with Gasteiger partial charge in [0.2, 0.25) is 5.91 Å². The van der Waals surface area contributed by atoms with Crippen LogP contribution in [0.2, 0.25) is 0 Å². The van der Waals surface area contributed by atoms with E-state index in [1.165, 1.54) is 13.2 Å². The number of thioether (sulfide) groups is 1. The normalized spacial score (nSPS) is 10.6. The Morgan fingerprint density at radius 2 is 1.92 bits per heavy atom. The predicted molar refractivity (Wildman–Crippen MR) is 93.3 cm³/mol. The number of carbonyl (C=O) groups is 1. The number of ether oxygens (including phenoxy) is 2. The SMILES string of the molecule is COc1cc(CNC(=O)CCSc2ccccc2)ccc1OC(F)F. The summed E-state index contributed by atoms with van der Waals surface area (Å²) in [5.41, 5.74) is 0.738. The van der Waals surface area contributed by atoms with Crippen LogP contribution in [0.1, 0.15) is 12.0 Å². The Morgan fingerprint density at radius 1 is 1.16 bits per heavy atom. The fraction of sp³-hybridized carbons (Fsp3) is 0.278. The van der Waals surface area contributed by atoms with Crippen molar-refractivity contribution in [3.63, 3.8) is 0 Å². The van der Waals surface area contributed by atoms with Crippen molar-refractivity contribution in [3.05, 3.63) is 54.1 Å². The molecule has 0 aliphatic rings. The van der Waals surface area contributed by atoms with Gasteiger partial charge in [0.05, 0.1) is 7.11 Å². The van der Waals surface area contributed by atoms with Gasteiger partial charge in [-0.3, -0.25) is 4.79 Å². The summed E-state index contributed by atoms with van der Waals surface area (Å²) in [5.74, 6) is 0.772. The predicted octanol–water partition coefficient (Wildman–Crippen LogP) is 4.10.